The fourth-order valence-corrected chi connectivity index (χ4v) is 0.798. The fourth-order valence-electron chi connectivity index (χ4n) is 0.319. The van der Waals surface area contributed by atoms with Crippen molar-refractivity contribution in [3.63, 3.8) is 0 Å². The highest BCUT2D eigenvalue weighted by Crippen LogP contribution is 2.13. The number of hydrogen-bond donors (Lipinski definition) is 1. The SMILES string of the molecule is N#CCCC[PH](=O)O. The van der Waals surface area contributed by atoms with Gasteiger partial charge in [-0.1, -0.05) is 0 Å². The van der Waals surface area contributed by atoms with Crippen LogP contribution < -0.4 is 0 Å². The molecule has 1 atom stereocenters. The minimum Gasteiger partial charge on any atom is -0.346 e. The molecular formula is C4H8NO2P. The van der Waals surface area contributed by atoms with Gasteiger partial charge in [0.1, 0.15) is 0 Å². The zero-order valence-corrected chi connectivity index (χ0v) is 5.42. The lowest BCUT2D eigenvalue weighted by Gasteiger charge is -1.86. The van der Waals surface area contributed by atoms with Gasteiger partial charge in [-0.2, -0.15) is 5.26 Å². The lowest BCUT2D eigenvalue weighted by Crippen LogP contribution is -1.74. The molecule has 0 saturated heterocycles. The van der Waals surface area contributed by atoms with Crippen LogP contribution >= 0.6 is 8.03 Å². The number of nitriles is 1. The third-order valence-electron chi connectivity index (χ3n) is 0.679. The summed E-state index contributed by atoms with van der Waals surface area (Å²) in [6.07, 6.45) is 1.22. The van der Waals surface area contributed by atoms with Gasteiger partial charge in [-0.15, -0.1) is 0 Å². The highest BCUT2D eigenvalue weighted by atomic mass is 31.1. The Morgan fingerprint density at radius 3 is 2.75 bits per heavy atom. The summed E-state index contributed by atoms with van der Waals surface area (Å²) in [4.78, 5) is 8.22. The van der Waals surface area contributed by atoms with E-state index in [1.807, 2.05) is 6.07 Å². The molecule has 0 amide bonds. The molecule has 0 aromatic rings. The summed E-state index contributed by atoms with van der Waals surface area (Å²) in [5, 5.41) is 7.96. The molecule has 46 valence electrons. The van der Waals surface area contributed by atoms with Crippen LogP contribution in [0.25, 0.3) is 0 Å². The van der Waals surface area contributed by atoms with Crippen molar-refractivity contribution < 1.29 is 9.46 Å². The molecule has 1 N–H and O–H groups in total. The van der Waals surface area contributed by atoms with Gasteiger partial charge < -0.3 is 4.89 Å². The van der Waals surface area contributed by atoms with Crippen LogP contribution in [0.4, 0.5) is 0 Å². The van der Waals surface area contributed by atoms with Crippen LogP contribution in [0.5, 0.6) is 0 Å². The van der Waals surface area contributed by atoms with E-state index in [1.165, 1.54) is 0 Å². The van der Waals surface area contributed by atoms with Gasteiger partial charge >= 0.3 is 0 Å². The Morgan fingerprint density at radius 2 is 2.38 bits per heavy atom. The highest BCUT2D eigenvalue weighted by Gasteiger charge is 1.89. The molecule has 0 aliphatic carbocycles. The molecule has 0 aromatic heterocycles. The molecule has 0 spiro atoms. The number of rotatable bonds is 3. The molecule has 1 unspecified atom stereocenters. The van der Waals surface area contributed by atoms with E-state index in [2.05, 4.69) is 0 Å². The maximum absolute atomic E-state index is 9.95. The van der Waals surface area contributed by atoms with Crippen LogP contribution in [-0.2, 0) is 4.57 Å². The lowest BCUT2D eigenvalue weighted by molar-refractivity contribution is 0.501. The number of nitrogens with zero attached hydrogens (tertiary/aromatic N) is 1. The summed E-state index contributed by atoms with van der Waals surface area (Å²) in [6, 6.07) is 1.89. The van der Waals surface area contributed by atoms with E-state index in [-0.39, 0.29) is 6.16 Å². The van der Waals surface area contributed by atoms with E-state index in [4.69, 9.17) is 10.2 Å². The predicted octanol–water partition coefficient (Wildman–Crippen LogP) is 0.757. The Bertz CT molecular complexity index is 118. The van der Waals surface area contributed by atoms with Gasteiger partial charge in [0, 0.05) is 12.6 Å². The van der Waals surface area contributed by atoms with Gasteiger partial charge in [-0.05, 0) is 6.42 Å². The normalized spacial score (nSPS) is 12.5. The van der Waals surface area contributed by atoms with Gasteiger partial charge in [0.25, 0.3) is 0 Å². The van der Waals surface area contributed by atoms with Crippen molar-refractivity contribution in [2.75, 3.05) is 6.16 Å². The Hall–Kier alpha value is -0.320. The second-order valence-electron chi connectivity index (χ2n) is 1.41. The first-order chi connectivity index (χ1) is 3.77. The summed E-state index contributed by atoms with van der Waals surface area (Å²) in [5.41, 5.74) is 0. The van der Waals surface area contributed by atoms with Crippen LogP contribution in [0.15, 0.2) is 0 Å². The van der Waals surface area contributed by atoms with Crippen molar-refractivity contribution in [1.82, 2.24) is 0 Å². The van der Waals surface area contributed by atoms with Crippen molar-refractivity contribution in [1.29, 1.82) is 5.26 Å². The lowest BCUT2D eigenvalue weighted by atomic mass is 10.4. The monoisotopic (exact) mass is 133 g/mol. The summed E-state index contributed by atoms with van der Waals surface area (Å²) in [7, 11) is -2.31. The van der Waals surface area contributed by atoms with E-state index >= 15 is 0 Å². The Balaban J connectivity index is 2.97. The second-order valence-corrected chi connectivity index (χ2v) is 2.69. The third-order valence-corrected chi connectivity index (χ3v) is 1.46. The summed E-state index contributed by atoms with van der Waals surface area (Å²) >= 11 is 0. The maximum Gasteiger partial charge on any atom is 0.189 e. The van der Waals surface area contributed by atoms with Gasteiger partial charge in [-0.3, -0.25) is 4.57 Å². The van der Waals surface area contributed by atoms with Crippen LogP contribution in [0.3, 0.4) is 0 Å². The smallest absolute Gasteiger partial charge is 0.189 e. The number of hydrogen-bond acceptors (Lipinski definition) is 2. The Labute approximate surface area is 48.8 Å². The van der Waals surface area contributed by atoms with Crippen molar-refractivity contribution in [3.05, 3.63) is 0 Å². The summed E-state index contributed by atoms with van der Waals surface area (Å²) in [5.74, 6) is 0. The van der Waals surface area contributed by atoms with E-state index in [0.717, 1.165) is 0 Å². The Kier molecular flexibility index (Phi) is 4.64. The summed E-state index contributed by atoms with van der Waals surface area (Å²) < 4.78 is 9.95. The molecule has 0 fully saturated rings. The van der Waals surface area contributed by atoms with E-state index in [1.54, 1.807) is 0 Å². The molecule has 0 rings (SSSR count). The minimum absolute atomic E-state index is 0.290. The predicted molar refractivity (Wildman–Crippen MR) is 30.9 cm³/mol. The highest BCUT2D eigenvalue weighted by molar-refractivity contribution is 7.37. The van der Waals surface area contributed by atoms with Crippen molar-refractivity contribution in [2.24, 2.45) is 0 Å². The first kappa shape index (κ1) is 7.68. The molecule has 0 aliphatic rings. The van der Waals surface area contributed by atoms with Crippen LogP contribution in [-0.4, -0.2) is 11.1 Å². The van der Waals surface area contributed by atoms with Gasteiger partial charge in [0.2, 0.25) is 0 Å². The van der Waals surface area contributed by atoms with E-state index < -0.39 is 8.03 Å². The molecule has 0 aromatic carbocycles. The molecule has 8 heavy (non-hydrogen) atoms. The maximum atomic E-state index is 9.95. The zero-order chi connectivity index (χ0) is 6.41. The van der Waals surface area contributed by atoms with E-state index in [9.17, 15) is 4.57 Å². The quantitative estimate of drug-likeness (QED) is 0.456. The average molecular weight is 133 g/mol. The largest absolute Gasteiger partial charge is 0.346 e. The summed E-state index contributed by atoms with van der Waals surface area (Å²) in [6.45, 7) is 0. The van der Waals surface area contributed by atoms with Crippen LogP contribution in [0.2, 0.25) is 0 Å². The standard InChI is InChI=1S/C4H8NO2P/c5-3-1-2-4-8(6)7/h8H,1-2,4H2,(H,6,7). The number of unbranched alkanes of at least 4 members (excludes halogenated alkanes) is 1. The van der Waals surface area contributed by atoms with Gasteiger partial charge in [0.15, 0.2) is 8.03 Å². The van der Waals surface area contributed by atoms with Gasteiger partial charge in [-0.25, -0.2) is 0 Å². The van der Waals surface area contributed by atoms with Crippen LogP contribution in [0.1, 0.15) is 12.8 Å². The van der Waals surface area contributed by atoms with E-state index in [0.29, 0.717) is 12.8 Å². The van der Waals surface area contributed by atoms with Gasteiger partial charge in [0.05, 0.1) is 6.07 Å². The molecular weight excluding hydrogens is 125 g/mol. The first-order valence-corrected chi connectivity index (χ1v) is 3.92. The third kappa shape index (κ3) is 5.68. The Morgan fingerprint density at radius 1 is 1.75 bits per heavy atom. The van der Waals surface area contributed by atoms with Crippen LogP contribution in [0, 0.1) is 11.3 Å². The molecule has 0 radical (unpaired) electrons. The van der Waals surface area contributed by atoms with Crippen molar-refractivity contribution in [2.45, 2.75) is 12.8 Å². The fraction of sp³-hybridized carbons (Fsp3) is 0.750. The molecule has 0 aliphatic heterocycles. The van der Waals surface area contributed by atoms with Crippen molar-refractivity contribution in [3.8, 4) is 6.07 Å². The molecule has 0 bridgehead atoms. The topological polar surface area (TPSA) is 61.1 Å². The average Bonchev–Trinajstić information content (AvgIpc) is 1.66. The second kappa shape index (κ2) is 4.83. The molecule has 4 heteroatoms. The molecule has 3 nitrogen and oxygen atoms in total. The molecule has 0 heterocycles. The molecule has 0 saturated carbocycles. The zero-order valence-electron chi connectivity index (χ0n) is 4.42. The minimum atomic E-state index is -2.31. The first-order valence-electron chi connectivity index (χ1n) is 2.36. The van der Waals surface area contributed by atoms with Crippen molar-refractivity contribution >= 4 is 8.03 Å².